The summed E-state index contributed by atoms with van der Waals surface area (Å²) in [5, 5.41) is 9.31. The Morgan fingerprint density at radius 3 is 2.62 bits per heavy atom. The lowest BCUT2D eigenvalue weighted by atomic mass is 10.1. The minimum absolute atomic E-state index is 0.248. The molecule has 0 unspecified atom stereocenters. The van der Waals surface area contributed by atoms with E-state index in [-0.39, 0.29) is 6.09 Å². The Morgan fingerprint density at radius 1 is 1.19 bits per heavy atom. The number of carbonyl (C=O) groups excluding carboxylic acids is 1. The predicted molar refractivity (Wildman–Crippen MR) is 104 cm³/mol. The molecule has 1 fully saturated rings. The van der Waals surface area contributed by atoms with Gasteiger partial charge in [0.25, 0.3) is 0 Å². The summed E-state index contributed by atoms with van der Waals surface area (Å²) in [6.45, 7) is 2.11. The zero-order valence-corrected chi connectivity index (χ0v) is 15.4. The van der Waals surface area contributed by atoms with Crippen LogP contribution >= 0.6 is 0 Å². The molecule has 2 aromatic carbocycles. The first-order valence-corrected chi connectivity index (χ1v) is 8.97. The molecule has 26 heavy (non-hydrogen) atoms. The Labute approximate surface area is 154 Å². The lowest BCUT2D eigenvalue weighted by Crippen LogP contribution is -2.49. The third-order valence-corrected chi connectivity index (χ3v) is 4.77. The summed E-state index contributed by atoms with van der Waals surface area (Å²) in [5.74, 6) is 0.787. The number of carbonyl (C=O) groups is 1. The van der Waals surface area contributed by atoms with Crippen molar-refractivity contribution in [2.24, 2.45) is 4.99 Å². The number of hydrogen-bond acceptors (Lipinski definition) is 3. The number of amides is 1. The van der Waals surface area contributed by atoms with E-state index in [1.807, 2.05) is 0 Å². The zero-order valence-electron chi connectivity index (χ0n) is 15.4. The van der Waals surface area contributed by atoms with Crippen LogP contribution in [0.4, 0.5) is 4.79 Å². The van der Waals surface area contributed by atoms with Crippen LogP contribution in [0.3, 0.4) is 0 Å². The minimum atomic E-state index is -0.248. The topological polar surface area (TPSA) is 66.0 Å². The molecule has 6 heteroatoms. The molecule has 0 atom stereocenters. The van der Waals surface area contributed by atoms with E-state index in [9.17, 15) is 4.79 Å². The number of likely N-dealkylation sites (tertiary alicyclic amines) is 1. The third kappa shape index (κ3) is 4.45. The van der Waals surface area contributed by atoms with Crippen LogP contribution in [0.5, 0.6) is 0 Å². The van der Waals surface area contributed by atoms with Crippen molar-refractivity contribution in [2.75, 3.05) is 27.2 Å². The van der Waals surface area contributed by atoms with Crippen LogP contribution in [0.15, 0.2) is 47.5 Å². The fourth-order valence-corrected chi connectivity index (χ4v) is 3.26. The van der Waals surface area contributed by atoms with Gasteiger partial charge in [-0.2, -0.15) is 0 Å². The molecule has 1 aliphatic heterocycles. The van der Waals surface area contributed by atoms with Crippen molar-refractivity contribution in [1.82, 2.24) is 15.5 Å². The molecule has 0 bridgehead atoms. The van der Waals surface area contributed by atoms with Crippen molar-refractivity contribution < 1.29 is 9.53 Å². The average Bonchev–Trinajstić information content (AvgIpc) is 2.70. The maximum absolute atomic E-state index is 11.6. The van der Waals surface area contributed by atoms with Gasteiger partial charge in [0.1, 0.15) is 0 Å². The van der Waals surface area contributed by atoms with Crippen molar-refractivity contribution in [3.63, 3.8) is 0 Å². The Balaban J connectivity index is 1.51. The molecule has 0 radical (unpaired) electrons. The number of methoxy groups -OCH3 is 1. The monoisotopic (exact) mass is 354 g/mol. The van der Waals surface area contributed by atoms with Gasteiger partial charge in [0.2, 0.25) is 0 Å². The van der Waals surface area contributed by atoms with Gasteiger partial charge in [-0.1, -0.05) is 36.4 Å². The van der Waals surface area contributed by atoms with Crippen LogP contribution in [0.2, 0.25) is 0 Å². The highest BCUT2D eigenvalue weighted by Gasteiger charge is 2.23. The number of benzene rings is 2. The van der Waals surface area contributed by atoms with Crippen LogP contribution in [0, 0.1) is 0 Å². The van der Waals surface area contributed by atoms with Crippen LogP contribution in [0.1, 0.15) is 18.4 Å². The van der Waals surface area contributed by atoms with E-state index in [0.717, 1.165) is 18.8 Å². The molecule has 0 saturated carbocycles. The molecule has 1 aliphatic rings. The number of ether oxygens (including phenoxy) is 1. The number of rotatable bonds is 3. The van der Waals surface area contributed by atoms with E-state index < -0.39 is 0 Å². The Bertz CT molecular complexity index is 782. The second kappa shape index (κ2) is 8.56. The highest BCUT2D eigenvalue weighted by atomic mass is 16.5. The van der Waals surface area contributed by atoms with E-state index in [1.54, 1.807) is 11.9 Å². The second-order valence-electron chi connectivity index (χ2n) is 6.48. The van der Waals surface area contributed by atoms with Crippen LogP contribution in [-0.2, 0) is 11.3 Å². The van der Waals surface area contributed by atoms with E-state index in [2.05, 4.69) is 58.1 Å². The average molecular weight is 354 g/mol. The first kappa shape index (κ1) is 18.0. The maximum Gasteiger partial charge on any atom is 0.409 e. The summed E-state index contributed by atoms with van der Waals surface area (Å²) in [6.07, 6.45) is 1.51. The molecule has 0 aromatic heterocycles. The van der Waals surface area contributed by atoms with Gasteiger partial charge in [-0.3, -0.25) is 4.99 Å². The smallest absolute Gasteiger partial charge is 0.409 e. The molecule has 0 aliphatic carbocycles. The van der Waals surface area contributed by atoms with E-state index >= 15 is 0 Å². The number of hydrogen-bond donors (Lipinski definition) is 2. The number of fused-ring (bicyclic) bond motifs is 1. The molecule has 3 rings (SSSR count). The first-order chi connectivity index (χ1) is 12.7. The predicted octanol–water partition coefficient (Wildman–Crippen LogP) is 2.74. The highest BCUT2D eigenvalue weighted by molar-refractivity contribution is 5.83. The van der Waals surface area contributed by atoms with Gasteiger partial charge < -0.3 is 20.3 Å². The molecule has 1 amide bonds. The molecule has 2 aromatic rings. The van der Waals surface area contributed by atoms with Gasteiger partial charge in [0.05, 0.1) is 7.11 Å². The lowest BCUT2D eigenvalue weighted by Gasteiger charge is -2.32. The summed E-state index contributed by atoms with van der Waals surface area (Å²) in [7, 11) is 3.20. The van der Waals surface area contributed by atoms with Crippen LogP contribution in [-0.4, -0.2) is 50.2 Å². The van der Waals surface area contributed by atoms with Crippen molar-refractivity contribution >= 4 is 22.8 Å². The number of nitrogens with one attached hydrogen (secondary N) is 2. The standard InChI is InChI=1S/C20H26N4O2/c1-21-19(23-18-9-11-24(12-10-18)20(25)26-2)22-14-15-7-8-16-5-3-4-6-17(16)13-15/h3-8,13,18H,9-12,14H2,1-2H3,(H2,21,22,23). The number of guanidine groups is 1. The van der Waals surface area contributed by atoms with Gasteiger partial charge in [0.15, 0.2) is 5.96 Å². The molecular weight excluding hydrogens is 328 g/mol. The quantitative estimate of drug-likeness (QED) is 0.657. The summed E-state index contributed by atoms with van der Waals surface area (Å²) in [5.41, 5.74) is 1.21. The van der Waals surface area contributed by atoms with Gasteiger partial charge in [-0.05, 0) is 35.2 Å². The van der Waals surface area contributed by atoms with Crippen molar-refractivity contribution in [3.05, 3.63) is 48.0 Å². The summed E-state index contributed by atoms with van der Waals surface area (Å²) in [6, 6.07) is 15.1. The van der Waals surface area contributed by atoms with Crippen molar-refractivity contribution in [2.45, 2.75) is 25.4 Å². The van der Waals surface area contributed by atoms with E-state index in [4.69, 9.17) is 4.74 Å². The first-order valence-electron chi connectivity index (χ1n) is 8.97. The zero-order chi connectivity index (χ0) is 18.4. The number of nitrogens with zero attached hydrogens (tertiary/aromatic N) is 2. The Morgan fingerprint density at radius 2 is 1.92 bits per heavy atom. The Hall–Kier alpha value is -2.76. The summed E-state index contributed by atoms with van der Waals surface area (Å²) in [4.78, 5) is 17.6. The SMILES string of the molecule is CN=C(NCc1ccc2ccccc2c1)NC1CCN(C(=O)OC)CC1. The molecule has 1 heterocycles. The normalized spacial score (nSPS) is 15.8. The van der Waals surface area contributed by atoms with Gasteiger partial charge in [0, 0.05) is 32.7 Å². The van der Waals surface area contributed by atoms with E-state index in [0.29, 0.717) is 25.7 Å². The van der Waals surface area contributed by atoms with Crippen molar-refractivity contribution in [3.8, 4) is 0 Å². The second-order valence-corrected chi connectivity index (χ2v) is 6.48. The minimum Gasteiger partial charge on any atom is -0.453 e. The largest absolute Gasteiger partial charge is 0.453 e. The lowest BCUT2D eigenvalue weighted by molar-refractivity contribution is 0.111. The maximum atomic E-state index is 11.6. The molecule has 138 valence electrons. The molecule has 0 spiro atoms. The summed E-state index contributed by atoms with van der Waals surface area (Å²) >= 11 is 0. The molecule has 2 N–H and O–H groups in total. The molecule has 1 saturated heterocycles. The van der Waals surface area contributed by atoms with Gasteiger partial charge in [-0.15, -0.1) is 0 Å². The van der Waals surface area contributed by atoms with E-state index in [1.165, 1.54) is 23.4 Å². The third-order valence-electron chi connectivity index (χ3n) is 4.77. The van der Waals surface area contributed by atoms with Crippen LogP contribution < -0.4 is 10.6 Å². The molecular formula is C20H26N4O2. The molecule has 6 nitrogen and oxygen atoms in total. The summed E-state index contributed by atoms with van der Waals surface area (Å²) < 4.78 is 4.78. The van der Waals surface area contributed by atoms with Crippen LogP contribution in [0.25, 0.3) is 10.8 Å². The fourth-order valence-electron chi connectivity index (χ4n) is 3.26. The highest BCUT2D eigenvalue weighted by Crippen LogP contribution is 2.15. The van der Waals surface area contributed by atoms with Gasteiger partial charge in [-0.25, -0.2) is 4.79 Å². The number of piperidine rings is 1. The Kier molecular flexibility index (Phi) is 5.94. The van der Waals surface area contributed by atoms with Crippen molar-refractivity contribution in [1.29, 1.82) is 0 Å². The fraction of sp³-hybridized carbons (Fsp3) is 0.400. The number of aliphatic imine (C=N–C) groups is 1. The van der Waals surface area contributed by atoms with Gasteiger partial charge >= 0.3 is 6.09 Å².